The Morgan fingerprint density at radius 3 is 1.49 bits per heavy atom. The molecule has 1 aromatic rings. The Bertz CT molecular complexity index is 843. The Balaban J connectivity index is 0.000000908. The van der Waals surface area contributed by atoms with Gasteiger partial charge in [-0.3, -0.25) is 14.1 Å². The molecule has 0 radical (unpaired) electrons. The molecule has 1 rings (SSSR count). The maximum absolute atomic E-state index is 10.2. The molecule has 0 aromatic heterocycles. The number of hydrogen-bond acceptors (Lipinski definition) is 4. The van der Waals surface area contributed by atoms with Crippen LogP contribution >= 0.6 is 0 Å². The minimum Gasteiger partial charge on any atom is -0.481 e. The van der Waals surface area contributed by atoms with Gasteiger partial charge in [-0.15, -0.1) is 0 Å². The summed E-state index contributed by atoms with van der Waals surface area (Å²) in [6.45, 7) is 2.30. The fourth-order valence-electron chi connectivity index (χ4n) is 4.23. The van der Waals surface area contributed by atoms with Crippen LogP contribution in [0.4, 0.5) is 0 Å². The van der Waals surface area contributed by atoms with Crippen LogP contribution in [-0.4, -0.2) is 68.3 Å². The van der Waals surface area contributed by atoms with Gasteiger partial charge in [0.15, 0.2) is 5.25 Å². The molecule has 1 unspecified atom stereocenters. The van der Waals surface area contributed by atoms with E-state index in [0.717, 1.165) is 0 Å². The zero-order valence-corrected chi connectivity index (χ0v) is 25.8. The van der Waals surface area contributed by atoms with Crippen LogP contribution in [0.3, 0.4) is 0 Å². The van der Waals surface area contributed by atoms with Crippen molar-refractivity contribution < 1.29 is 32.8 Å². The molecule has 0 aliphatic rings. The Morgan fingerprint density at radius 1 is 0.757 bits per heavy atom. The third-order valence-electron chi connectivity index (χ3n) is 6.56. The maximum atomic E-state index is 10.2. The molecule has 1 aromatic carbocycles. The van der Waals surface area contributed by atoms with E-state index in [1.807, 2.05) is 0 Å². The summed E-state index contributed by atoms with van der Waals surface area (Å²) >= 11 is 1.20. The SMILES string of the molecule is CCCCCCCCCCCCCCCCCCc1cccc[c]1[Na].O=C(O)CC(C(=O)O)S(=O)(=O)O. The monoisotopic (exact) mass is 550 g/mol. The molecule has 208 valence electrons. The van der Waals surface area contributed by atoms with Gasteiger partial charge in [0.1, 0.15) is 0 Å². The van der Waals surface area contributed by atoms with Crippen molar-refractivity contribution >= 4 is 52.8 Å². The predicted molar refractivity (Wildman–Crippen MR) is 150 cm³/mol. The molecular weight excluding hydrogens is 503 g/mol. The number of carboxylic acid groups (broad SMARTS) is 2. The molecular formula is C28H47NaO7S. The van der Waals surface area contributed by atoms with Crippen LogP contribution in [0.1, 0.15) is 122 Å². The Kier molecular flexibility index (Phi) is 22.4. The van der Waals surface area contributed by atoms with Crippen LogP contribution in [0, 0.1) is 0 Å². The van der Waals surface area contributed by atoms with Crippen molar-refractivity contribution in [1.82, 2.24) is 0 Å². The van der Waals surface area contributed by atoms with Crippen LogP contribution in [0.25, 0.3) is 0 Å². The first kappa shape index (κ1) is 36.1. The normalized spacial score (nSPS) is 12.0. The minimum atomic E-state index is -4.84. The summed E-state index contributed by atoms with van der Waals surface area (Å²) in [5.74, 6) is -3.50. The number of aryl methyl sites for hydroxylation is 1. The van der Waals surface area contributed by atoms with Gasteiger partial charge in [0.2, 0.25) is 0 Å². The van der Waals surface area contributed by atoms with Crippen molar-refractivity contribution in [2.45, 2.75) is 128 Å². The number of unbranched alkanes of at least 4 members (excludes halogenated alkanes) is 15. The number of carboxylic acids is 2. The molecule has 0 saturated carbocycles. The third-order valence-corrected chi connectivity index (χ3v) is 8.62. The Morgan fingerprint density at radius 2 is 1.16 bits per heavy atom. The smallest absolute Gasteiger partial charge is 0.325 e. The average molecular weight is 551 g/mol. The van der Waals surface area contributed by atoms with E-state index in [1.54, 1.807) is 8.38 Å². The van der Waals surface area contributed by atoms with Gasteiger partial charge < -0.3 is 10.2 Å². The fourth-order valence-corrected chi connectivity index (χ4v) is 5.45. The molecule has 9 heteroatoms. The molecule has 1 atom stereocenters. The van der Waals surface area contributed by atoms with E-state index >= 15 is 0 Å². The molecule has 0 bridgehead atoms. The van der Waals surface area contributed by atoms with E-state index in [1.165, 1.54) is 137 Å². The molecule has 0 heterocycles. The minimum absolute atomic E-state index is 1.16. The van der Waals surface area contributed by atoms with E-state index < -0.39 is 33.7 Å². The molecule has 0 spiro atoms. The van der Waals surface area contributed by atoms with Gasteiger partial charge in [0.05, 0.1) is 6.42 Å². The zero-order chi connectivity index (χ0) is 27.9. The van der Waals surface area contributed by atoms with E-state index in [9.17, 15) is 18.0 Å². The van der Waals surface area contributed by atoms with Gasteiger partial charge >= 0.3 is 137 Å². The predicted octanol–water partition coefficient (Wildman–Crippen LogP) is 6.09. The van der Waals surface area contributed by atoms with Crippen LogP contribution < -0.4 is 2.81 Å². The molecule has 3 N–H and O–H groups in total. The molecule has 37 heavy (non-hydrogen) atoms. The molecule has 0 aliphatic carbocycles. The summed E-state index contributed by atoms with van der Waals surface area (Å²) in [6.07, 6.45) is 23.4. The van der Waals surface area contributed by atoms with Crippen molar-refractivity contribution in [2.24, 2.45) is 0 Å². The van der Waals surface area contributed by atoms with E-state index in [0.29, 0.717) is 0 Å². The first-order valence-corrected chi connectivity index (χ1v) is 16.5. The topological polar surface area (TPSA) is 129 Å². The first-order valence-electron chi connectivity index (χ1n) is 14.0. The Hall–Kier alpha value is -0.930. The summed E-state index contributed by atoms with van der Waals surface area (Å²) in [6, 6.07) is 9.00. The summed E-state index contributed by atoms with van der Waals surface area (Å²) in [7, 11) is -4.84. The van der Waals surface area contributed by atoms with Crippen molar-refractivity contribution in [3.05, 3.63) is 29.8 Å². The standard InChI is InChI=1S/C24H41.C4H6O7S.Na/c1-2-3-4-5-6-7-8-9-10-11-12-13-14-15-16-18-21-24-22-19-17-20-23-24;5-3(6)1-2(4(7)8)12(9,10)11;/h17,19-20,22H,2-16,18,21H2,1H3;2H,1H2,(H,5,6)(H,7,8)(H,9,10,11);. The first-order chi connectivity index (χ1) is 17.6. The van der Waals surface area contributed by atoms with Crippen LogP contribution in [-0.2, 0) is 26.1 Å². The number of carbonyl (C=O) groups is 2. The molecule has 0 aliphatic heterocycles. The number of aliphatic carboxylic acids is 2. The third kappa shape index (κ3) is 21.7. The molecule has 0 saturated heterocycles. The summed E-state index contributed by atoms with van der Waals surface area (Å²) in [5.41, 5.74) is 1.61. The van der Waals surface area contributed by atoms with Crippen molar-refractivity contribution in [3.8, 4) is 0 Å². The number of hydrogen-bond donors (Lipinski definition) is 3. The van der Waals surface area contributed by atoms with Gasteiger partial charge in [-0.05, 0) is 0 Å². The largest absolute Gasteiger partial charge is 0.481 e. The molecule has 0 fully saturated rings. The van der Waals surface area contributed by atoms with Crippen molar-refractivity contribution in [2.75, 3.05) is 0 Å². The van der Waals surface area contributed by atoms with Gasteiger partial charge in [-0.25, -0.2) is 0 Å². The summed E-state index contributed by atoms with van der Waals surface area (Å²) in [4.78, 5) is 20.0. The van der Waals surface area contributed by atoms with Crippen LogP contribution in [0.15, 0.2) is 24.3 Å². The van der Waals surface area contributed by atoms with Gasteiger partial charge in [-0.1, -0.05) is 51.9 Å². The van der Waals surface area contributed by atoms with Crippen LogP contribution in [0.5, 0.6) is 0 Å². The van der Waals surface area contributed by atoms with Crippen LogP contribution in [0.2, 0.25) is 0 Å². The second-order valence-corrected chi connectivity index (χ2v) is 12.6. The Labute approximate surface area is 242 Å². The van der Waals surface area contributed by atoms with Crippen molar-refractivity contribution in [1.29, 1.82) is 0 Å². The molecule has 7 nitrogen and oxygen atoms in total. The maximum Gasteiger partial charge on any atom is 0.325 e. The van der Waals surface area contributed by atoms with Crippen molar-refractivity contribution in [3.63, 3.8) is 0 Å². The van der Waals surface area contributed by atoms with E-state index in [4.69, 9.17) is 14.8 Å². The zero-order valence-electron chi connectivity index (χ0n) is 23.0. The van der Waals surface area contributed by atoms with Gasteiger partial charge in [-0.2, -0.15) is 8.42 Å². The summed E-state index contributed by atoms with van der Waals surface area (Å²) < 4.78 is 30.3. The van der Waals surface area contributed by atoms with Gasteiger partial charge in [0, 0.05) is 0 Å². The second-order valence-electron chi connectivity index (χ2n) is 9.92. The quantitative estimate of drug-likeness (QED) is 0.0960. The summed E-state index contributed by atoms with van der Waals surface area (Å²) in [5, 5.41) is 13.9. The molecule has 0 amide bonds. The van der Waals surface area contributed by atoms with Gasteiger partial charge in [0.25, 0.3) is 10.1 Å². The van der Waals surface area contributed by atoms with E-state index in [-0.39, 0.29) is 0 Å². The number of rotatable bonds is 21. The second kappa shape index (κ2) is 23.0. The average Bonchev–Trinajstić information content (AvgIpc) is 2.83. The number of benzene rings is 1. The van der Waals surface area contributed by atoms with E-state index in [2.05, 4.69) is 31.2 Å². The fraction of sp³-hybridized carbons (Fsp3) is 0.714.